The van der Waals surface area contributed by atoms with Crippen LogP contribution < -0.4 is 15.4 Å². The van der Waals surface area contributed by atoms with Crippen molar-refractivity contribution in [3.63, 3.8) is 0 Å². The molecule has 12 heteroatoms. The first-order valence-corrected chi connectivity index (χ1v) is 13.6. The van der Waals surface area contributed by atoms with Gasteiger partial charge in [-0.15, -0.1) is 0 Å². The summed E-state index contributed by atoms with van der Waals surface area (Å²) in [5, 5.41) is 5.67. The molecule has 1 aliphatic rings. The fourth-order valence-corrected chi connectivity index (χ4v) is 5.85. The summed E-state index contributed by atoms with van der Waals surface area (Å²) in [5.74, 6) is -2.51. The Labute approximate surface area is 229 Å². The van der Waals surface area contributed by atoms with Crippen molar-refractivity contribution in [2.75, 3.05) is 25.5 Å². The van der Waals surface area contributed by atoms with Gasteiger partial charge in [0.05, 0.1) is 28.5 Å². The normalized spacial score (nSPS) is 16.0. The van der Waals surface area contributed by atoms with Crippen molar-refractivity contribution in [2.45, 2.75) is 11.3 Å². The van der Waals surface area contributed by atoms with E-state index in [2.05, 4.69) is 10.6 Å². The van der Waals surface area contributed by atoms with Crippen LogP contribution in [0.4, 0.5) is 5.69 Å². The van der Waals surface area contributed by atoms with Crippen LogP contribution in [0, 0.1) is 5.92 Å². The molecule has 4 rings (SSSR count). The Morgan fingerprint density at radius 3 is 2.53 bits per heavy atom. The highest BCUT2D eigenvalue weighted by atomic mass is 35.5. The van der Waals surface area contributed by atoms with Crippen LogP contribution in [-0.4, -0.2) is 50.6 Å². The monoisotopic (exact) mass is 575 g/mol. The summed E-state index contributed by atoms with van der Waals surface area (Å²) >= 11 is 12.3. The van der Waals surface area contributed by atoms with Crippen LogP contribution in [-0.2, 0) is 26.0 Å². The third-order valence-corrected chi connectivity index (χ3v) is 8.24. The Balaban J connectivity index is 1.65. The summed E-state index contributed by atoms with van der Waals surface area (Å²) in [7, 11) is -3.07. The number of nitrogens with one attached hydrogen (secondary N) is 2. The molecule has 1 saturated heterocycles. The lowest BCUT2D eigenvalue weighted by molar-refractivity contribution is -0.131. The van der Waals surface area contributed by atoms with Gasteiger partial charge in [-0.25, -0.2) is 12.7 Å². The van der Waals surface area contributed by atoms with Crippen molar-refractivity contribution in [1.29, 1.82) is 0 Å². The van der Waals surface area contributed by atoms with Gasteiger partial charge in [-0.2, -0.15) is 0 Å². The van der Waals surface area contributed by atoms with E-state index >= 15 is 0 Å². The Bertz CT molecular complexity index is 1500. The molecule has 0 aromatic heterocycles. The summed E-state index contributed by atoms with van der Waals surface area (Å²) in [6.07, 6.45) is 0.0697. The molecule has 198 valence electrons. The number of rotatable bonds is 7. The van der Waals surface area contributed by atoms with Gasteiger partial charge in [-0.05, 0) is 60.5 Å². The number of ether oxygens (including phenoxy) is 1. The molecular formula is C26H23Cl2N3O6S. The van der Waals surface area contributed by atoms with Crippen LogP contribution in [0.1, 0.15) is 15.9 Å². The first kappa shape index (κ1) is 27.4. The fourth-order valence-electron chi connectivity index (χ4n) is 4.01. The zero-order valence-corrected chi connectivity index (χ0v) is 22.4. The molecule has 0 saturated carbocycles. The minimum atomic E-state index is -4.54. The van der Waals surface area contributed by atoms with Crippen LogP contribution in [0.2, 0.25) is 10.0 Å². The van der Waals surface area contributed by atoms with E-state index in [1.165, 1.54) is 19.2 Å². The first-order valence-electron chi connectivity index (χ1n) is 11.4. The number of methoxy groups -OCH3 is 1. The molecule has 3 aromatic rings. The van der Waals surface area contributed by atoms with E-state index in [0.717, 1.165) is 6.07 Å². The second kappa shape index (κ2) is 11.4. The molecule has 38 heavy (non-hydrogen) atoms. The third kappa shape index (κ3) is 5.93. The minimum Gasteiger partial charge on any atom is -0.496 e. The molecule has 1 heterocycles. The van der Waals surface area contributed by atoms with Crippen LogP contribution in [0.15, 0.2) is 71.6 Å². The predicted octanol–water partition coefficient (Wildman–Crippen LogP) is 3.76. The number of amides is 3. The summed E-state index contributed by atoms with van der Waals surface area (Å²) in [6.45, 7) is -0.788. The lowest BCUT2D eigenvalue weighted by Gasteiger charge is -2.23. The van der Waals surface area contributed by atoms with Gasteiger partial charge in [0.15, 0.2) is 0 Å². The van der Waals surface area contributed by atoms with Gasteiger partial charge >= 0.3 is 0 Å². The SMILES string of the molecule is COc1ccc(Cl)cc1CC1CNC(=O)CN(S(=O)(=O)c2ccc(Cl)c(C(=O)Nc3ccccc3)c2)C1=O. The number of anilines is 1. The summed E-state index contributed by atoms with van der Waals surface area (Å²) in [4.78, 5) is 38.4. The molecule has 0 aliphatic carbocycles. The van der Waals surface area contributed by atoms with E-state index in [1.54, 1.807) is 48.5 Å². The van der Waals surface area contributed by atoms with Gasteiger partial charge in [-0.1, -0.05) is 41.4 Å². The summed E-state index contributed by atoms with van der Waals surface area (Å²) in [5.41, 5.74) is 0.960. The topological polar surface area (TPSA) is 122 Å². The van der Waals surface area contributed by atoms with E-state index < -0.39 is 40.2 Å². The second-order valence-electron chi connectivity index (χ2n) is 8.47. The highest BCUT2D eigenvalue weighted by Gasteiger charge is 2.38. The number of hydrogen-bond donors (Lipinski definition) is 2. The number of sulfonamides is 1. The van der Waals surface area contributed by atoms with Crippen LogP contribution in [0.5, 0.6) is 5.75 Å². The van der Waals surface area contributed by atoms with Gasteiger partial charge < -0.3 is 15.4 Å². The maximum atomic E-state index is 13.6. The van der Waals surface area contributed by atoms with Crippen LogP contribution >= 0.6 is 23.2 Å². The summed E-state index contributed by atoms with van der Waals surface area (Å²) in [6, 6.07) is 17.0. The number of nitrogens with zero attached hydrogens (tertiary/aromatic N) is 1. The van der Waals surface area contributed by atoms with Gasteiger partial charge in [0.1, 0.15) is 12.3 Å². The van der Waals surface area contributed by atoms with Gasteiger partial charge in [0, 0.05) is 17.3 Å². The van der Waals surface area contributed by atoms with Crippen molar-refractivity contribution in [3.8, 4) is 5.75 Å². The molecule has 0 radical (unpaired) electrons. The zero-order valence-electron chi connectivity index (χ0n) is 20.1. The molecule has 1 atom stereocenters. The van der Waals surface area contributed by atoms with E-state index in [9.17, 15) is 22.8 Å². The van der Waals surface area contributed by atoms with Crippen molar-refractivity contribution < 1.29 is 27.5 Å². The average Bonchev–Trinajstić information content (AvgIpc) is 3.03. The van der Waals surface area contributed by atoms with Crippen LogP contribution in [0.25, 0.3) is 0 Å². The number of halogens is 2. The summed E-state index contributed by atoms with van der Waals surface area (Å²) < 4.78 is 33.1. The quantitative estimate of drug-likeness (QED) is 0.442. The minimum absolute atomic E-state index is 0.0169. The van der Waals surface area contributed by atoms with E-state index in [0.29, 0.717) is 26.3 Å². The number of carbonyl (C=O) groups is 3. The zero-order chi connectivity index (χ0) is 27.4. The molecule has 3 aromatic carbocycles. The van der Waals surface area contributed by atoms with E-state index in [-0.39, 0.29) is 28.4 Å². The fraction of sp³-hybridized carbons (Fsp3) is 0.192. The highest BCUT2D eigenvalue weighted by molar-refractivity contribution is 7.89. The highest BCUT2D eigenvalue weighted by Crippen LogP contribution is 2.29. The van der Waals surface area contributed by atoms with Crippen molar-refractivity contribution in [2.24, 2.45) is 5.92 Å². The Morgan fingerprint density at radius 2 is 1.82 bits per heavy atom. The maximum Gasteiger partial charge on any atom is 0.267 e. The number of benzene rings is 3. The molecule has 2 N–H and O–H groups in total. The van der Waals surface area contributed by atoms with Crippen molar-refractivity contribution >= 4 is 56.6 Å². The third-order valence-electron chi connectivity index (χ3n) is 5.94. The smallest absolute Gasteiger partial charge is 0.267 e. The standard InChI is InChI=1S/C26H23Cl2N3O6S/c1-37-23-10-7-18(27)12-16(23)11-17-14-29-24(32)15-31(26(17)34)38(35,36)20-8-9-22(28)21(13-20)25(33)30-19-5-3-2-4-6-19/h2-10,12-13,17H,11,14-15H2,1H3,(H,29,32)(H,30,33). The first-order chi connectivity index (χ1) is 18.1. The maximum absolute atomic E-state index is 13.6. The van der Waals surface area contributed by atoms with E-state index in [1.807, 2.05) is 0 Å². The molecule has 0 spiro atoms. The van der Waals surface area contributed by atoms with Crippen molar-refractivity contribution in [3.05, 3.63) is 87.9 Å². The number of hydrogen-bond acceptors (Lipinski definition) is 6. The molecule has 3 amide bonds. The van der Waals surface area contributed by atoms with Gasteiger partial charge in [-0.3, -0.25) is 14.4 Å². The number of carbonyl (C=O) groups excluding carboxylic acids is 3. The molecule has 1 aliphatic heterocycles. The van der Waals surface area contributed by atoms with E-state index in [4.69, 9.17) is 27.9 Å². The van der Waals surface area contributed by atoms with Gasteiger partial charge in [0.25, 0.3) is 15.9 Å². The Morgan fingerprint density at radius 1 is 1.08 bits per heavy atom. The van der Waals surface area contributed by atoms with Gasteiger partial charge in [0.2, 0.25) is 11.8 Å². The molecule has 9 nitrogen and oxygen atoms in total. The number of para-hydroxylation sites is 1. The lowest BCUT2D eigenvalue weighted by atomic mass is 9.98. The Kier molecular flexibility index (Phi) is 8.25. The second-order valence-corrected chi connectivity index (χ2v) is 11.2. The molecule has 1 fully saturated rings. The molecule has 0 bridgehead atoms. The molecular weight excluding hydrogens is 553 g/mol. The van der Waals surface area contributed by atoms with Crippen molar-refractivity contribution in [1.82, 2.24) is 9.62 Å². The lowest BCUT2D eigenvalue weighted by Crippen LogP contribution is -2.42. The predicted molar refractivity (Wildman–Crippen MR) is 143 cm³/mol. The van der Waals surface area contributed by atoms with Crippen LogP contribution in [0.3, 0.4) is 0 Å². The Hall–Kier alpha value is -3.60. The largest absolute Gasteiger partial charge is 0.496 e. The molecule has 1 unspecified atom stereocenters. The average molecular weight is 576 g/mol.